The van der Waals surface area contributed by atoms with Crippen molar-refractivity contribution >= 4 is 46.4 Å². The number of carbonyl (C=O) groups excluding carboxylic acids is 2. The van der Waals surface area contributed by atoms with Crippen LogP contribution in [0.5, 0.6) is 5.75 Å². The fraction of sp³-hybridized carbons (Fsp3) is 0.125. The van der Waals surface area contributed by atoms with E-state index in [1.807, 2.05) is 54.6 Å². The number of likely N-dealkylation sites (N-methyl/N-ethyl adjacent to an activating group) is 1. The molecule has 8 heteroatoms. The standard InChI is InChI=1S/C24H19Cl2N3O3/c1-29-19-10-6-5-9-17(19)22(15-7-3-2-4-8-15)28-23(24(29)31)27-21(30)14-32-20-12-11-16(25)13-18(20)26/h2-13,23H,14H2,1H3,(H,27,30)/t23-/m1/s1. The van der Waals surface area contributed by atoms with Crippen molar-refractivity contribution in [3.63, 3.8) is 0 Å². The second-order valence-electron chi connectivity index (χ2n) is 7.09. The number of fused-ring (bicyclic) bond motifs is 1. The molecule has 0 aliphatic carbocycles. The maximum atomic E-state index is 13.1. The normalized spacial score (nSPS) is 15.5. The first-order chi connectivity index (χ1) is 15.4. The summed E-state index contributed by atoms with van der Waals surface area (Å²) in [5, 5.41) is 3.41. The van der Waals surface area contributed by atoms with E-state index < -0.39 is 12.1 Å². The minimum absolute atomic E-state index is 0.287. The van der Waals surface area contributed by atoms with Gasteiger partial charge in [-0.25, -0.2) is 4.99 Å². The van der Waals surface area contributed by atoms with Crippen LogP contribution in [0, 0.1) is 0 Å². The van der Waals surface area contributed by atoms with Gasteiger partial charge in [0.15, 0.2) is 6.61 Å². The van der Waals surface area contributed by atoms with E-state index in [1.165, 1.54) is 11.0 Å². The third-order valence-corrected chi connectivity index (χ3v) is 5.47. The van der Waals surface area contributed by atoms with Crippen molar-refractivity contribution < 1.29 is 14.3 Å². The zero-order chi connectivity index (χ0) is 22.7. The van der Waals surface area contributed by atoms with Gasteiger partial charge in [0.2, 0.25) is 6.17 Å². The molecule has 4 rings (SSSR count). The van der Waals surface area contributed by atoms with Crippen molar-refractivity contribution in [2.45, 2.75) is 6.17 Å². The van der Waals surface area contributed by atoms with Crippen LogP contribution in [0.1, 0.15) is 11.1 Å². The second kappa shape index (κ2) is 9.42. The SMILES string of the molecule is CN1C(=O)[C@H](NC(=O)COc2ccc(Cl)cc2Cl)N=C(c2ccccc2)c2ccccc21. The summed E-state index contributed by atoms with van der Waals surface area (Å²) in [6, 6.07) is 21.7. The quantitative estimate of drug-likeness (QED) is 0.606. The Morgan fingerprint density at radius 3 is 2.53 bits per heavy atom. The molecular formula is C24H19Cl2N3O3. The first kappa shape index (κ1) is 21.9. The average molecular weight is 468 g/mol. The summed E-state index contributed by atoms with van der Waals surface area (Å²) in [6.45, 7) is -0.335. The zero-order valence-electron chi connectivity index (χ0n) is 17.1. The highest BCUT2D eigenvalue weighted by Gasteiger charge is 2.31. The van der Waals surface area contributed by atoms with E-state index in [-0.39, 0.29) is 17.5 Å². The van der Waals surface area contributed by atoms with E-state index in [1.54, 1.807) is 19.2 Å². The number of nitrogens with zero attached hydrogens (tertiary/aromatic N) is 2. The lowest BCUT2D eigenvalue weighted by atomic mass is 10.0. The van der Waals surface area contributed by atoms with Gasteiger partial charge in [-0.05, 0) is 24.3 Å². The lowest BCUT2D eigenvalue weighted by Crippen LogP contribution is -2.47. The van der Waals surface area contributed by atoms with Crippen molar-refractivity contribution in [1.29, 1.82) is 0 Å². The third-order valence-electron chi connectivity index (χ3n) is 4.94. The number of aliphatic imine (C=N–C) groups is 1. The molecule has 1 N–H and O–H groups in total. The summed E-state index contributed by atoms with van der Waals surface area (Å²) in [4.78, 5) is 31.8. The molecule has 0 fully saturated rings. The van der Waals surface area contributed by atoms with E-state index >= 15 is 0 Å². The molecule has 0 saturated carbocycles. The van der Waals surface area contributed by atoms with Gasteiger partial charge in [0.25, 0.3) is 11.8 Å². The second-order valence-corrected chi connectivity index (χ2v) is 7.94. The van der Waals surface area contributed by atoms with E-state index in [0.717, 1.165) is 11.1 Å². The van der Waals surface area contributed by atoms with E-state index in [0.29, 0.717) is 22.2 Å². The van der Waals surface area contributed by atoms with Gasteiger partial charge in [0.05, 0.1) is 16.4 Å². The molecular weight excluding hydrogens is 449 g/mol. The highest BCUT2D eigenvalue weighted by Crippen LogP contribution is 2.28. The van der Waals surface area contributed by atoms with Gasteiger partial charge in [-0.15, -0.1) is 0 Å². The molecule has 6 nitrogen and oxygen atoms in total. The van der Waals surface area contributed by atoms with Crippen LogP contribution in [0.2, 0.25) is 10.0 Å². The van der Waals surface area contributed by atoms with Gasteiger partial charge < -0.3 is 15.0 Å². The predicted octanol–water partition coefficient (Wildman–Crippen LogP) is 4.33. The number of benzene rings is 3. The summed E-state index contributed by atoms with van der Waals surface area (Å²) >= 11 is 12.0. The third kappa shape index (κ3) is 4.61. The lowest BCUT2D eigenvalue weighted by molar-refractivity contribution is -0.128. The number of halogens is 2. The van der Waals surface area contributed by atoms with Crippen molar-refractivity contribution in [1.82, 2.24) is 5.32 Å². The molecule has 32 heavy (non-hydrogen) atoms. The Morgan fingerprint density at radius 2 is 1.78 bits per heavy atom. The van der Waals surface area contributed by atoms with Gasteiger partial charge in [-0.3, -0.25) is 9.59 Å². The molecule has 0 unspecified atom stereocenters. The highest BCUT2D eigenvalue weighted by molar-refractivity contribution is 6.35. The van der Waals surface area contributed by atoms with Gasteiger partial charge in [-0.2, -0.15) is 0 Å². The smallest absolute Gasteiger partial charge is 0.272 e. The number of nitrogens with one attached hydrogen (secondary N) is 1. The first-order valence-electron chi connectivity index (χ1n) is 9.81. The Balaban J connectivity index is 1.60. The lowest BCUT2D eigenvalue weighted by Gasteiger charge is -2.21. The number of para-hydroxylation sites is 1. The van der Waals surface area contributed by atoms with Crippen molar-refractivity contribution in [2.24, 2.45) is 4.99 Å². The van der Waals surface area contributed by atoms with Crippen LogP contribution < -0.4 is 15.0 Å². The number of amides is 2. The molecule has 2 amide bonds. The highest BCUT2D eigenvalue weighted by atomic mass is 35.5. The van der Waals surface area contributed by atoms with E-state index in [2.05, 4.69) is 10.3 Å². The van der Waals surface area contributed by atoms with Crippen LogP contribution in [0.25, 0.3) is 0 Å². The maximum Gasteiger partial charge on any atom is 0.272 e. The fourth-order valence-corrected chi connectivity index (χ4v) is 3.84. The Bertz CT molecular complexity index is 1200. The average Bonchev–Trinajstić information content (AvgIpc) is 2.90. The number of hydrogen-bond donors (Lipinski definition) is 1. The van der Waals surface area contributed by atoms with Crippen LogP contribution in [0.15, 0.2) is 77.8 Å². The van der Waals surface area contributed by atoms with Gasteiger partial charge in [0.1, 0.15) is 5.75 Å². The molecule has 3 aromatic rings. The van der Waals surface area contributed by atoms with Crippen LogP contribution >= 0.6 is 23.2 Å². The number of carbonyl (C=O) groups is 2. The molecule has 0 bridgehead atoms. The summed E-state index contributed by atoms with van der Waals surface area (Å²) in [7, 11) is 1.66. The topological polar surface area (TPSA) is 71.0 Å². The van der Waals surface area contributed by atoms with Gasteiger partial charge in [-0.1, -0.05) is 71.7 Å². The largest absolute Gasteiger partial charge is 0.482 e. The minimum Gasteiger partial charge on any atom is -0.482 e. The van der Waals surface area contributed by atoms with E-state index in [4.69, 9.17) is 27.9 Å². The van der Waals surface area contributed by atoms with Crippen LogP contribution in [-0.2, 0) is 9.59 Å². The van der Waals surface area contributed by atoms with Crippen LogP contribution in [-0.4, -0.2) is 37.3 Å². The van der Waals surface area contributed by atoms with Crippen molar-refractivity contribution in [2.75, 3.05) is 18.6 Å². The van der Waals surface area contributed by atoms with Crippen molar-refractivity contribution in [3.05, 3.63) is 94.0 Å². The number of benzodiazepines with no additional fused rings is 1. The maximum absolute atomic E-state index is 13.1. The van der Waals surface area contributed by atoms with E-state index in [9.17, 15) is 9.59 Å². The predicted molar refractivity (Wildman–Crippen MR) is 126 cm³/mol. The Kier molecular flexibility index (Phi) is 6.44. The molecule has 1 atom stereocenters. The Labute approximate surface area is 195 Å². The minimum atomic E-state index is -1.11. The van der Waals surface area contributed by atoms with Crippen LogP contribution in [0.4, 0.5) is 5.69 Å². The van der Waals surface area contributed by atoms with Crippen LogP contribution in [0.3, 0.4) is 0 Å². The number of hydrogen-bond acceptors (Lipinski definition) is 4. The monoisotopic (exact) mass is 467 g/mol. The molecule has 162 valence electrons. The summed E-state index contributed by atoms with van der Waals surface area (Å²) in [5.74, 6) is -0.553. The first-order valence-corrected chi connectivity index (χ1v) is 10.6. The molecule has 3 aromatic carbocycles. The summed E-state index contributed by atoms with van der Waals surface area (Å²) in [6.07, 6.45) is -1.11. The summed E-state index contributed by atoms with van der Waals surface area (Å²) in [5.41, 5.74) is 2.97. The van der Waals surface area contributed by atoms with Gasteiger partial charge >= 0.3 is 0 Å². The molecule has 1 aliphatic rings. The molecule has 1 heterocycles. The Morgan fingerprint density at radius 1 is 1.06 bits per heavy atom. The Hall–Kier alpha value is -3.35. The number of rotatable bonds is 5. The molecule has 1 aliphatic heterocycles. The van der Waals surface area contributed by atoms with Gasteiger partial charge in [0, 0.05) is 23.2 Å². The molecule has 0 saturated heterocycles. The zero-order valence-corrected chi connectivity index (χ0v) is 18.6. The summed E-state index contributed by atoms with van der Waals surface area (Å²) < 4.78 is 5.49. The molecule has 0 radical (unpaired) electrons. The fourth-order valence-electron chi connectivity index (χ4n) is 3.37. The molecule has 0 aromatic heterocycles. The molecule has 0 spiro atoms. The number of ether oxygens (including phenoxy) is 1. The number of anilines is 1. The van der Waals surface area contributed by atoms with Crippen molar-refractivity contribution in [3.8, 4) is 5.75 Å².